The molecule has 0 aliphatic heterocycles. The Morgan fingerprint density at radius 3 is 2.16 bits per heavy atom. The number of thiocarbonyl (C=S) groups is 1. The quantitative estimate of drug-likeness (QED) is 0.332. The maximum atomic E-state index is 12.3. The molecule has 0 saturated heterocycles. The summed E-state index contributed by atoms with van der Waals surface area (Å²) >= 11 is 26.4. The predicted octanol–water partition coefficient (Wildman–Crippen LogP) is 4.86. The van der Waals surface area contributed by atoms with Crippen molar-refractivity contribution in [3.63, 3.8) is 0 Å². The van der Waals surface area contributed by atoms with Crippen LogP contribution in [0.2, 0.25) is 0 Å². The van der Waals surface area contributed by atoms with E-state index in [2.05, 4.69) is 31.9 Å². The van der Waals surface area contributed by atoms with Gasteiger partial charge in [-0.15, -0.1) is 0 Å². The highest BCUT2D eigenvalue weighted by atomic mass is 79.9. The molecule has 2 aromatic rings. The molecule has 1 atom stereocenters. The van der Waals surface area contributed by atoms with Crippen molar-refractivity contribution >= 4 is 79.7 Å². The van der Waals surface area contributed by atoms with Gasteiger partial charge in [0.2, 0.25) is 3.79 Å². The van der Waals surface area contributed by atoms with Crippen molar-refractivity contribution in [3.8, 4) is 0 Å². The molecule has 9 heteroatoms. The number of para-hydroxylation sites is 1. The lowest BCUT2D eigenvalue weighted by atomic mass is 10.2. The van der Waals surface area contributed by atoms with Gasteiger partial charge in [0.1, 0.15) is 6.17 Å². The molecule has 25 heavy (non-hydrogen) atoms. The normalized spacial score (nSPS) is 12.2. The molecule has 4 nitrogen and oxygen atoms in total. The number of alkyl halides is 3. The molecule has 0 saturated carbocycles. The summed E-state index contributed by atoms with van der Waals surface area (Å²) in [6.07, 6.45) is -1.03. The Morgan fingerprint density at radius 1 is 1.00 bits per heavy atom. The van der Waals surface area contributed by atoms with Crippen LogP contribution in [0.4, 0.5) is 5.69 Å². The van der Waals surface area contributed by atoms with Gasteiger partial charge in [0, 0.05) is 15.7 Å². The minimum absolute atomic E-state index is 0.207. The fourth-order valence-corrected chi connectivity index (χ4v) is 2.66. The molecule has 3 N–H and O–H groups in total. The van der Waals surface area contributed by atoms with Crippen LogP contribution in [0.1, 0.15) is 10.4 Å². The maximum absolute atomic E-state index is 12.3. The van der Waals surface area contributed by atoms with Crippen molar-refractivity contribution in [2.75, 3.05) is 5.32 Å². The summed E-state index contributed by atoms with van der Waals surface area (Å²) in [5.74, 6) is -0.404. The second-order valence-electron chi connectivity index (χ2n) is 4.92. The van der Waals surface area contributed by atoms with E-state index in [1.807, 2.05) is 30.3 Å². The molecule has 0 aliphatic carbocycles. The first-order valence-electron chi connectivity index (χ1n) is 7.01. The number of hydrogen-bond donors (Lipinski definition) is 3. The van der Waals surface area contributed by atoms with E-state index in [9.17, 15) is 4.79 Å². The first-order valence-corrected chi connectivity index (χ1v) is 9.35. The Bertz CT molecular complexity index is 739. The average molecular weight is 482 g/mol. The second-order valence-corrected chi connectivity index (χ2v) is 8.61. The van der Waals surface area contributed by atoms with Gasteiger partial charge >= 0.3 is 0 Å². The minimum Gasteiger partial charge on any atom is -0.339 e. The number of benzene rings is 2. The van der Waals surface area contributed by atoms with Crippen molar-refractivity contribution in [2.45, 2.75) is 9.96 Å². The number of amides is 1. The van der Waals surface area contributed by atoms with Crippen LogP contribution < -0.4 is 16.0 Å². The topological polar surface area (TPSA) is 53.2 Å². The zero-order chi connectivity index (χ0) is 18.4. The Morgan fingerprint density at radius 2 is 1.60 bits per heavy atom. The van der Waals surface area contributed by atoms with Crippen LogP contribution in [0.25, 0.3) is 0 Å². The lowest BCUT2D eigenvalue weighted by molar-refractivity contribution is 0.0934. The van der Waals surface area contributed by atoms with Crippen molar-refractivity contribution in [2.24, 2.45) is 0 Å². The van der Waals surface area contributed by atoms with Gasteiger partial charge in [-0.2, -0.15) is 0 Å². The number of nitrogens with one attached hydrogen (secondary N) is 3. The van der Waals surface area contributed by atoms with Crippen LogP contribution >= 0.6 is 63.0 Å². The molecule has 0 heterocycles. The summed E-state index contributed by atoms with van der Waals surface area (Å²) in [4.78, 5) is 12.3. The molecule has 0 bridgehead atoms. The van der Waals surface area contributed by atoms with Gasteiger partial charge in [-0.25, -0.2) is 0 Å². The standard InChI is InChI=1S/C16H13BrCl3N3OS/c17-11-8-6-10(7-9-11)13(24)22-14(16(18,19)20)23-15(25)21-12-4-2-1-3-5-12/h1-9,14H,(H,22,24)(H2,21,23,25)/t14-/m1/s1. The zero-order valence-electron chi connectivity index (χ0n) is 12.6. The average Bonchev–Trinajstić information content (AvgIpc) is 2.54. The Labute approximate surface area is 174 Å². The molecule has 0 unspecified atom stereocenters. The second kappa shape index (κ2) is 9.05. The van der Waals surface area contributed by atoms with E-state index in [0.717, 1.165) is 10.2 Å². The minimum atomic E-state index is -1.81. The lowest BCUT2D eigenvalue weighted by Crippen LogP contribution is -2.56. The third kappa shape index (κ3) is 6.64. The van der Waals surface area contributed by atoms with Crippen molar-refractivity contribution in [1.82, 2.24) is 10.6 Å². The SMILES string of the molecule is O=C(N[C@H](NC(=S)Nc1ccccc1)C(Cl)(Cl)Cl)c1ccc(Br)cc1. The van der Waals surface area contributed by atoms with Gasteiger partial charge in [-0.1, -0.05) is 68.9 Å². The molecule has 0 radical (unpaired) electrons. The fourth-order valence-electron chi connectivity index (χ4n) is 1.84. The van der Waals surface area contributed by atoms with Crippen LogP contribution in [-0.4, -0.2) is 21.0 Å². The van der Waals surface area contributed by atoms with Crippen LogP contribution in [0.3, 0.4) is 0 Å². The number of rotatable bonds is 4. The van der Waals surface area contributed by atoms with Crippen LogP contribution in [-0.2, 0) is 0 Å². The van der Waals surface area contributed by atoms with Gasteiger partial charge in [0.15, 0.2) is 5.11 Å². The molecule has 1 amide bonds. The van der Waals surface area contributed by atoms with Crippen molar-refractivity contribution in [3.05, 3.63) is 64.6 Å². The van der Waals surface area contributed by atoms with Gasteiger partial charge in [0.05, 0.1) is 0 Å². The van der Waals surface area contributed by atoms with Gasteiger partial charge in [-0.05, 0) is 48.6 Å². The first kappa shape index (κ1) is 20.3. The third-order valence-electron chi connectivity index (χ3n) is 3.02. The highest BCUT2D eigenvalue weighted by Gasteiger charge is 2.34. The van der Waals surface area contributed by atoms with Crippen LogP contribution in [0, 0.1) is 0 Å². The molecule has 2 aromatic carbocycles. The maximum Gasteiger partial charge on any atom is 0.252 e. The molecule has 0 fully saturated rings. The van der Waals surface area contributed by atoms with Crippen LogP contribution in [0.5, 0.6) is 0 Å². The Kier molecular flexibility index (Phi) is 7.34. The molecule has 0 spiro atoms. The summed E-state index contributed by atoms with van der Waals surface area (Å²) in [5.41, 5.74) is 1.19. The number of halogens is 4. The molecule has 2 rings (SSSR count). The van der Waals surface area contributed by atoms with Crippen molar-refractivity contribution < 1.29 is 4.79 Å². The molecule has 0 aliphatic rings. The molecular weight excluding hydrogens is 469 g/mol. The molecule has 132 valence electrons. The summed E-state index contributed by atoms with van der Waals surface area (Å²) in [6, 6.07) is 16.0. The number of hydrogen-bond acceptors (Lipinski definition) is 2. The number of carbonyl (C=O) groups excluding carboxylic acids is 1. The Balaban J connectivity index is 2.04. The summed E-state index contributed by atoms with van der Waals surface area (Å²) in [5, 5.41) is 8.58. The lowest BCUT2D eigenvalue weighted by Gasteiger charge is -2.27. The van der Waals surface area contributed by atoms with E-state index >= 15 is 0 Å². The van der Waals surface area contributed by atoms with E-state index in [0.29, 0.717) is 5.56 Å². The van der Waals surface area contributed by atoms with E-state index in [4.69, 9.17) is 47.0 Å². The highest BCUT2D eigenvalue weighted by molar-refractivity contribution is 9.10. The third-order valence-corrected chi connectivity index (χ3v) is 4.42. The summed E-state index contributed by atoms with van der Waals surface area (Å²) < 4.78 is -0.957. The number of anilines is 1. The smallest absolute Gasteiger partial charge is 0.252 e. The zero-order valence-corrected chi connectivity index (χ0v) is 17.3. The predicted molar refractivity (Wildman–Crippen MR) is 111 cm³/mol. The van der Waals surface area contributed by atoms with Crippen molar-refractivity contribution in [1.29, 1.82) is 0 Å². The highest BCUT2D eigenvalue weighted by Crippen LogP contribution is 2.29. The Hall–Kier alpha value is -1.05. The summed E-state index contributed by atoms with van der Waals surface area (Å²) in [7, 11) is 0. The molecular formula is C16H13BrCl3N3OS. The van der Waals surface area contributed by atoms with E-state index in [1.165, 1.54) is 0 Å². The molecule has 0 aromatic heterocycles. The van der Waals surface area contributed by atoms with E-state index in [1.54, 1.807) is 24.3 Å². The van der Waals surface area contributed by atoms with E-state index in [-0.39, 0.29) is 5.11 Å². The largest absolute Gasteiger partial charge is 0.339 e. The van der Waals surface area contributed by atoms with Gasteiger partial charge < -0.3 is 16.0 Å². The van der Waals surface area contributed by atoms with Gasteiger partial charge in [-0.3, -0.25) is 4.79 Å². The number of carbonyl (C=O) groups is 1. The van der Waals surface area contributed by atoms with Crippen LogP contribution in [0.15, 0.2) is 59.1 Å². The fraction of sp³-hybridized carbons (Fsp3) is 0.125. The monoisotopic (exact) mass is 479 g/mol. The first-order chi connectivity index (χ1) is 11.8. The van der Waals surface area contributed by atoms with Gasteiger partial charge in [0.25, 0.3) is 5.91 Å². The van der Waals surface area contributed by atoms with E-state index < -0.39 is 15.9 Å². The summed E-state index contributed by atoms with van der Waals surface area (Å²) in [6.45, 7) is 0.